The summed E-state index contributed by atoms with van der Waals surface area (Å²) in [5.41, 5.74) is 1.06. The molecule has 0 aromatic carbocycles. The number of hydrogen-bond acceptors (Lipinski definition) is 7. The van der Waals surface area contributed by atoms with Gasteiger partial charge in [0.2, 0.25) is 5.88 Å². The average Bonchev–Trinajstić information content (AvgIpc) is 3.33. The van der Waals surface area contributed by atoms with Crippen LogP contribution in [0.5, 0.6) is 5.88 Å². The standard InChI is InChI=1S/C17H15N5O3/c23-17(14-8-15(25-21-14)12-2-1-5-18-9-12)22-7-4-13(10-22)24-16-3-6-19-11-20-16/h1-3,5-6,8-9,11,13H,4,7,10H2. The highest BCUT2D eigenvalue weighted by Crippen LogP contribution is 2.22. The Morgan fingerprint density at radius 2 is 2.24 bits per heavy atom. The highest BCUT2D eigenvalue weighted by molar-refractivity contribution is 5.93. The van der Waals surface area contributed by atoms with Crippen LogP contribution in [0.3, 0.4) is 0 Å². The number of carbonyl (C=O) groups is 1. The van der Waals surface area contributed by atoms with E-state index in [1.165, 1.54) is 6.33 Å². The van der Waals surface area contributed by atoms with Gasteiger partial charge in [0, 0.05) is 49.3 Å². The van der Waals surface area contributed by atoms with Gasteiger partial charge in [0.15, 0.2) is 11.5 Å². The number of aromatic nitrogens is 4. The van der Waals surface area contributed by atoms with Gasteiger partial charge in [-0.2, -0.15) is 0 Å². The molecule has 25 heavy (non-hydrogen) atoms. The van der Waals surface area contributed by atoms with Crippen LogP contribution < -0.4 is 4.74 Å². The van der Waals surface area contributed by atoms with Crippen LogP contribution in [-0.2, 0) is 0 Å². The van der Waals surface area contributed by atoms with Crippen molar-refractivity contribution in [3.8, 4) is 17.2 Å². The Hall–Kier alpha value is -3.29. The van der Waals surface area contributed by atoms with E-state index in [1.54, 1.807) is 41.7 Å². The van der Waals surface area contributed by atoms with Gasteiger partial charge in [0.25, 0.3) is 5.91 Å². The summed E-state index contributed by atoms with van der Waals surface area (Å²) in [5.74, 6) is 0.853. The number of amides is 1. The van der Waals surface area contributed by atoms with Crippen molar-refractivity contribution in [1.29, 1.82) is 0 Å². The van der Waals surface area contributed by atoms with Gasteiger partial charge in [-0.15, -0.1) is 0 Å². The second-order valence-corrected chi connectivity index (χ2v) is 5.65. The summed E-state index contributed by atoms with van der Waals surface area (Å²) in [7, 11) is 0. The molecular weight excluding hydrogens is 322 g/mol. The van der Waals surface area contributed by atoms with Crippen LogP contribution >= 0.6 is 0 Å². The van der Waals surface area contributed by atoms with E-state index in [0.29, 0.717) is 24.7 Å². The highest BCUT2D eigenvalue weighted by Gasteiger charge is 2.30. The largest absolute Gasteiger partial charge is 0.472 e. The molecule has 1 saturated heterocycles. The quantitative estimate of drug-likeness (QED) is 0.716. The predicted molar refractivity (Wildman–Crippen MR) is 86.7 cm³/mol. The summed E-state index contributed by atoms with van der Waals surface area (Å²) < 4.78 is 11.0. The zero-order chi connectivity index (χ0) is 17.1. The van der Waals surface area contributed by atoms with E-state index >= 15 is 0 Å². The minimum absolute atomic E-state index is 0.0939. The van der Waals surface area contributed by atoms with Crippen molar-refractivity contribution < 1.29 is 14.1 Å². The Labute approximate surface area is 143 Å². The average molecular weight is 337 g/mol. The third-order valence-corrected chi connectivity index (χ3v) is 3.95. The molecule has 8 nitrogen and oxygen atoms in total. The molecule has 1 unspecified atom stereocenters. The first-order valence-electron chi connectivity index (χ1n) is 7.88. The molecule has 4 heterocycles. The second-order valence-electron chi connectivity index (χ2n) is 5.65. The molecule has 3 aromatic rings. The Kier molecular flexibility index (Phi) is 4.07. The van der Waals surface area contributed by atoms with E-state index in [0.717, 1.165) is 12.0 Å². The Morgan fingerprint density at radius 3 is 3.04 bits per heavy atom. The molecular formula is C17H15N5O3. The van der Waals surface area contributed by atoms with Crippen molar-refractivity contribution in [1.82, 2.24) is 25.0 Å². The molecule has 1 fully saturated rings. The van der Waals surface area contributed by atoms with Crippen molar-refractivity contribution in [3.05, 3.63) is 54.9 Å². The maximum atomic E-state index is 12.6. The smallest absolute Gasteiger partial charge is 0.276 e. The first kappa shape index (κ1) is 15.3. The second kappa shape index (κ2) is 6.68. The molecule has 0 bridgehead atoms. The SMILES string of the molecule is O=C(c1cc(-c2cccnc2)on1)N1CCC(Oc2ccncn2)C1. The molecule has 0 saturated carbocycles. The number of rotatable bonds is 4. The van der Waals surface area contributed by atoms with Crippen molar-refractivity contribution in [2.24, 2.45) is 0 Å². The first-order valence-corrected chi connectivity index (χ1v) is 7.88. The molecule has 8 heteroatoms. The van der Waals surface area contributed by atoms with Crippen LogP contribution in [0.2, 0.25) is 0 Å². The third kappa shape index (κ3) is 3.32. The summed E-state index contributed by atoms with van der Waals surface area (Å²) in [5, 5.41) is 3.89. The van der Waals surface area contributed by atoms with E-state index < -0.39 is 0 Å². The van der Waals surface area contributed by atoms with Crippen LogP contribution in [0.25, 0.3) is 11.3 Å². The zero-order valence-electron chi connectivity index (χ0n) is 13.3. The van der Waals surface area contributed by atoms with Gasteiger partial charge in [0.05, 0.1) is 6.54 Å². The lowest BCUT2D eigenvalue weighted by Gasteiger charge is -2.15. The van der Waals surface area contributed by atoms with Crippen molar-refractivity contribution in [2.45, 2.75) is 12.5 Å². The zero-order valence-corrected chi connectivity index (χ0v) is 13.3. The third-order valence-electron chi connectivity index (χ3n) is 3.95. The maximum absolute atomic E-state index is 12.6. The van der Waals surface area contributed by atoms with Crippen LogP contribution in [0, 0.1) is 0 Å². The molecule has 1 amide bonds. The molecule has 0 N–H and O–H groups in total. The van der Waals surface area contributed by atoms with Gasteiger partial charge in [-0.1, -0.05) is 5.16 Å². The molecule has 126 valence electrons. The number of ether oxygens (including phenoxy) is 1. The van der Waals surface area contributed by atoms with Gasteiger partial charge in [-0.25, -0.2) is 9.97 Å². The number of pyridine rings is 1. The molecule has 1 atom stereocenters. The molecule has 1 aliphatic heterocycles. The van der Waals surface area contributed by atoms with Crippen molar-refractivity contribution >= 4 is 5.91 Å². The van der Waals surface area contributed by atoms with Crippen molar-refractivity contribution in [2.75, 3.05) is 13.1 Å². The molecule has 0 aliphatic carbocycles. The van der Waals surface area contributed by atoms with E-state index in [4.69, 9.17) is 9.26 Å². The van der Waals surface area contributed by atoms with E-state index in [1.807, 2.05) is 6.07 Å². The van der Waals surface area contributed by atoms with Gasteiger partial charge in [0.1, 0.15) is 12.4 Å². The lowest BCUT2D eigenvalue weighted by molar-refractivity contribution is 0.0761. The fourth-order valence-electron chi connectivity index (χ4n) is 2.71. The summed E-state index contributed by atoms with van der Waals surface area (Å²) in [6, 6.07) is 6.98. The van der Waals surface area contributed by atoms with Gasteiger partial charge in [-0.3, -0.25) is 9.78 Å². The fourth-order valence-corrected chi connectivity index (χ4v) is 2.71. The monoisotopic (exact) mass is 337 g/mol. The number of nitrogens with zero attached hydrogens (tertiary/aromatic N) is 5. The molecule has 3 aromatic heterocycles. The summed E-state index contributed by atoms with van der Waals surface area (Å²) in [4.78, 5) is 26.2. The minimum atomic E-state index is -0.173. The normalized spacial score (nSPS) is 16.8. The number of likely N-dealkylation sites (tertiary alicyclic amines) is 1. The van der Waals surface area contributed by atoms with Crippen LogP contribution in [0.1, 0.15) is 16.9 Å². The van der Waals surface area contributed by atoms with E-state index in [-0.39, 0.29) is 17.7 Å². The van der Waals surface area contributed by atoms with Crippen LogP contribution in [0.15, 0.2) is 53.7 Å². The Balaban J connectivity index is 1.41. The molecule has 4 rings (SSSR count). The number of carbonyl (C=O) groups excluding carboxylic acids is 1. The lowest BCUT2D eigenvalue weighted by Crippen LogP contribution is -2.31. The van der Waals surface area contributed by atoms with E-state index in [9.17, 15) is 4.79 Å². The summed E-state index contributed by atoms with van der Waals surface area (Å²) in [6.07, 6.45) is 7.04. The van der Waals surface area contributed by atoms with Crippen LogP contribution in [0.4, 0.5) is 0 Å². The van der Waals surface area contributed by atoms with Gasteiger partial charge < -0.3 is 14.2 Å². The Morgan fingerprint density at radius 1 is 1.28 bits per heavy atom. The van der Waals surface area contributed by atoms with Crippen molar-refractivity contribution in [3.63, 3.8) is 0 Å². The van der Waals surface area contributed by atoms with Crippen LogP contribution in [-0.4, -0.2) is 50.1 Å². The topological polar surface area (TPSA) is 94.2 Å². The summed E-state index contributed by atoms with van der Waals surface area (Å²) >= 11 is 0. The molecule has 0 radical (unpaired) electrons. The van der Waals surface area contributed by atoms with Gasteiger partial charge in [-0.05, 0) is 12.1 Å². The first-order chi connectivity index (χ1) is 12.3. The summed E-state index contributed by atoms with van der Waals surface area (Å²) in [6.45, 7) is 1.08. The molecule has 1 aliphatic rings. The fraction of sp³-hybridized carbons (Fsp3) is 0.235. The predicted octanol–water partition coefficient (Wildman–Crippen LogP) is 1.82. The lowest BCUT2D eigenvalue weighted by atomic mass is 10.2. The Bertz CT molecular complexity index is 853. The number of hydrogen-bond donors (Lipinski definition) is 0. The molecule has 0 spiro atoms. The minimum Gasteiger partial charge on any atom is -0.472 e. The maximum Gasteiger partial charge on any atom is 0.276 e. The van der Waals surface area contributed by atoms with Gasteiger partial charge >= 0.3 is 0 Å². The van der Waals surface area contributed by atoms with E-state index in [2.05, 4.69) is 20.1 Å². The highest BCUT2D eigenvalue weighted by atomic mass is 16.5.